The third-order valence-corrected chi connectivity index (χ3v) is 5.34. The molecular weight excluding hydrogens is 406 g/mol. The molecule has 0 unspecified atom stereocenters. The molecule has 0 N–H and O–H groups in total. The van der Waals surface area contributed by atoms with Crippen LogP contribution in [0.25, 0.3) is 22.8 Å². The van der Waals surface area contributed by atoms with E-state index in [1.807, 2.05) is 53.4 Å². The summed E-state index contributed by atoms with van der Waals surface area (Å²) in [5, 5.41) is 0. The van der Waals surface area contributed by atoms with Gasteiger partial charge in [0.15, 0.2) is 5.76 Å². The van der Waals surface area contributed by atoms with Crippen LogP contribution >= 0.6 is 15.9 Å². The first-order valence-electron chi connectivity index (χ1n) is 8.91. The summed E-state index contributed by atoms with van der Waals surface area (Å²) in [6, 6.07) is 15.4. The van der Waals surface area contributed by atoms with E-state index in [1.54, 1.807) is 6.20 Å². The lowest BCUT2D eigenvalue weighted by atomic mass is 10.1. The second-order valence-electron chi connectivity index (χ2n) is 6.68. The summed E-state index contributed by atoms with van der Waals surface area (Å²) in [4.78, 5) is 21.6. The summed E-state index contributed by atoms with van der Waals surface area (Å²) in [6.07, 6.45) is 1.70. The van der Waals surface area contributed by atoms with Crippen LogP contribution in [0.4, 0.5) is 0 Å². The molecule has 1 aromatic heterocycles. The third-order valence-electron chi connectivity index (χ3n) is 4.81. The Morgan fingerprint density at radius 1 is 1.04 bits per heavy atom. The quantitative estimate of drug-likeness (QED) is 0.631. The number of carbonyl (C=O) groups is 1. The molecule has 1 amide bonds. The van der Waals surface area contributed by atoms with E-state index in [1.165, 1.54) is 0 Å². The number of likely N-dealkylation sites (N-methyl/N-ethyl adjacent to an activating group) is 1. The van der Waals surface area contributed by atoms with E-state index in [0.717, 1.165) is 41.8 Å². The first-order valence-corrected chi connectivity index (χ1v) is 9.70. The molecule has 0 radical (unpaired) electrons. The monoisotopic (exact) mass is 425 g/mol. The molecule has 2 heterocycles. The number of aromatic nitrogens is 1. The Morgan fingerprint density at radius 3 is 2.48 bits per heavy atom. The molecular formula is C21H20BrN3O2. The average molecular weight is 426 g/mol. The minimum atomic E-state index is 0.0297. The van der Waals surface area contributed by atoms with E-state index in [4.69, 9.17) is 4.42 Å². The van der Waals surface area contributed by atoms with Gasteiger partial charge in [0.2, 0.25) is 5.89 Å². The van der Waals surface area contributed by atoms with E-state index < -0.39 is 0 Å². The maximum atomic E-state index is 13.0. The number of hydrogen-bond acceptors (Lipinski definition) is 4. The molecule has 3 aromatic rings. The molecule has 1 saturated heterocycles. The minimum Gasteiger partial charge on any atom is -0.436 e. The summed E-state index contributed by atoms with van der Waals surface area (Å²) in [5.74, 6) is 1.17. The van der Waals surface area contributed by atoms with Gasteiger partial charge in [-0.15, -0.1) is 0 Å². The van der Waals surface area contributed by atoms with Crippen molar-refractivity contribution in [2.24, 2.45) is 0 Å². The molecule has 27 heavy (non-hydrogen) atoms. The van der Waals surface area contributed by atoms with Gasteiger partial charge < -0.3 is 14.2 Å². The lowest BCUT2D eigenvalue weighted by Gasteiger charge is -2.32. The summed E-state index contributed by atoms with van der Waals surface area (Å²) in [5.41, 5.74) is 2.30. The smallest absolute Gasteiger partial charge is 0.254 e. The number of piperazine rings is 1. The van der Waals surface area contributed by atoms with Gasteiger partial charge in [-0.25, -0.2) is 4.98 Å². The molecule has 0 spiro atoms. The Kier molecular flexibility index (Phi) is 5.09. The lowest BCUT2D eigenvalue weighted by molar-refractivity contribution is 0.0664. The first-order chi connectivity index (χ1) is 13.1. The number of amides is 1. The topological polar surface area (TPSA) is 49.6 Å². The first kappa shape index (κ1) is 17.9. The van der Waals surface area contributed by atoms with Crippen LogP contribution in [0.2, 0.25) is 0 Å². The van der Waals surface area contributed by atoms with E-state index in [9.17, 15) is 4.79 Å². The molecule has 138 valence electrons. The zero-order chi connectivity index (χ0) is 18.8. The molecule has 6 heteroatoms. The predicted molar refractivity (Wildman–Crippen MR) is 108 cm³/mol. The Bertz CT molecular complexity index is 944. The third kappa shape index (κ3) is 3.82. The highest BCUT2D eigenvalue weighted by molar-refractivity contribution is 9.10. The van der Waals surface area contributed by atoms with E-state index >= 15 is 0 Å². The van der Waals surface area contributed by atoms with Crippen molar-refractivity contribution < 1.29 is 9.21 Å². The Morgan fingerprint density at radius 2 is 1.74 bits per heavy atom. The van der Waals surface area contributed by atoms with Crippen molar-refractivity contribution in [3.63, 3.8) is 0 Å². The summed E-state index contributed by atoms with van der Waals surface area (Å²) < 4.78 is 6.99. The van der Waals surface area contributed by atoms with E-state index in [2.05, 4.69) is 32.9 Å². The minimum absolute atomic E-state index is 0.0297. The summed E-state index contributed by atoms with van der Waals surface area (Å²) in [6.45, 7) is 3.25. The second kappa shape index (κ2) is 7.66. The van der Waals surface area contributed by atoms with Crippen molar-refractivity contribution in [2.45, 2.75) is 0 Å². The SMILES string of the molecule is CN1CCN(C(=O)c2ccccc2-c2ncc(-c3ccc(Br)cc3)o2)CC1. The van der Waals surface area contributed by atoms with Crippen LogP contribution in [0.5, 0.6) is 0 Å². The van der Waals surface area contributed by atoms with Crippen molar-refractivity contribution in [1.29, 1.82) is 0 Å². The number of benzene rings is 2. The van der Waals surface area contributed by atoms with Gasteiger partial charge in [0.1, 0.15) is 0 Å². The van der Waals surface area contributed by atoms with Crippen molar-refractivity contribution >= 4 is 21.8 Å². The highest BCUT2D eigenvalue weighted by Gasteiger charge is 2.24. The molecule has 0 saturated carbocycles. The van der Waals surface area contributed by atoms with Gasteiger partial charge in [-0.2, -0.15) is 0 Å². The number of hydrogen-bond donors (Lipinski definition) is 0. The van der Waals surface area contributed by atoms with Gasteiger partial charge in [0.05, 0.1) is 11.8 Å². The Hall–Kier alpha value is -2.44. The van der Waals surface area contributed by atoms with Gasteiger partial charge in [-0.1, -0.05) is 40.2 Å². The molecule has 1 fully saturated rings. The molecule has 0 bridgehead atoms. The zero-order valence-electron chi connectivity index (χ0n) is 15.1. The van der Waals surface area contributed by atoms with Crippen molar-refractivity contribution in [3.05, 3.63) is 64.8 Å². The van der Waals surface area contributed by atoms with Crippen LogP contribution < -0.4 is 0 Å². The highest BCUT2D eigenvalue weighted by atomic mass is 79.9. The summed E-state index contributed by atoms with van der Waals surface area (Å²) in [7, 11) is 2.08. The fraction of sp³-hybridized carbons (Fsp3) is 0.238. The predicted octanol–water partition coefficient (Wildman–Crippen LogP) is 4.16. The van der Waals surface area contributed by atoms with Crippen LogP contribution in [0.15, 0.2) is 63.6 Å². The molecule has 1 aliphatic heterocycles. The maximum absolute atomic E-state index is 13.0. The Labute approximate surface area is 166 Å². The highest BCUT2D eigenvalue weighted by Crippen LogP contribution is 2.29. The number of nitrogens with zero attached hydrogens (tertiary/aromatic N) is 3. The number of rotatable bonds is 3. The van der Waals surface area contributed by atoms with Gasteiger partial charge in [-0.05, 0) is 31.3 Å². The fourth-order valence-electron chi connectivity index (χ4n) is 3.18. The second-order valence-corrected chi connectivity index (χ2v) is 7.59. The number of halogens is 1. The summed E-state index contributed by atoms with van der Waals surface area (Å²) >= 11 is 3.44. The van der Waals surface area contributed by atoms with Gasteiger partial charge in [0.25, 0.3) is 5.91 Å². The van der Waals surface area contributed by atoms with Crippen LogP contribution in [0.1, 0.15) is 10.4 Å². The van der Waals surface area contributed by atoms with E-state index in [0.29, 0.717) is 17.2 Å². The molecule has 5 nitrogen and oxygen atoms in total. The van der Waals surface area contributed by atoms with Crippen LogP contribution in [-0.2, 0) is 0 Å². The normalized spacial score (nSPS) is 15.1. The van der Waals surface area contributed by atoms with Crippen molar-refractivity contribution in [2.75, 3.05) is 33.2 Å². The molecule has 2 aromatic carbocycles. The number of carbonyl (C=O) groups excluding carboxylic acids is 1. The molecule has 0 aliphatic carbocycles. The van der Waals surface area contributed by atoms with Crippen LogP contribution in [-0.4, -0.2) is 53.9 Å². The van der Waals surface area contributed by atoms with Crippen LogP contribution in [0, 0.1) is 0 Å². The van der Waals surface area contributed by atoms with E-state index in [-0.39, 0.29) is 5.91 Å². The molecule has 4 rings (SSSR count). The maximum Gasteiger partial charge on any atom is 0.254 e. The largest absolute Gasteiger partial charge is 0.436 e. The van der Waals surface area contributed by atoms with Crippen LogP contribution in [0.3, 0.4) is 0 Å². The fourth-order valence-corrected chi connectivity index (χ4v) is 3.45. The standard InChI is InChI=1S/C21H20BrN3O2/c1-24-10-12-25(13-11-24)21(26)18-5-3-2-4-17(18)20-23-14-19(27-20)15-6-8-16(22)9-7-15/h2-9,14H,10-13H2,1H3. The number of oxazole rings is 1. The average Bonchev–Trinajstić information content (AvgIpc) is 3.19. The van der Waals surface area contributed by atoms with Gasteiger partial charge in [0, 0.05) is 41.8 Å². The molecule has 0 atom stereocenters. The lowest BCUT2D eigenvalue weighted by Crippen LogP contribution is -2.47. The van der Waals surface area contributed by atoms with Gasteiger partial charge in [-0.3, -0.25) is 4.79 Å². The zero-order valence-corrected chi connectivity index (χ0v) is 16.6. The van der Waals surface area contributed by atoms with Gasteiger partial charge >= 0.3 is 0 Å². The Balaban J connectivity index is 1.63. The molecule has 1 aliphatic rings. The van der Waals surface area contributed by atoms with Crippen molar-refractivity contribution in [1.82, 2.24) is 14.8 Å². The van der Waals surface area contributed by atoms with Crippen molar-refractivity contribution in [3.8, 4) is 22.8 Å².